The molecule has 0 saturated carbocycles. The molecule has 0 atom stereocenters. The maximum absolute atomic E-state index is 12.4. The zero-order chi connectivity index (χ0) is 16.1. The molecule has 0 radical (unpaired) electrons. The van der Waals surface area contributed by atoms with E-state index < -0.39 is 0 Å². The molecule has 1 aromatic heterocycles. The van der Waals surface area contributed by atoms with Crippen molar-refractivity contribution in [2.24, 2.45) is 5.92 Å². The van der Waals surface area contributed by atoms with Gasteiger partial charge in [-0.3, -0.25) is 9.59 Å². The van der Waals surface area contributed by atoms with Gasteiger partial charge in [-0.2, -0.15) is 0 Å². The zero-order valence-corrected chi connectivity index (χ0v) is 13.7. The van der Waals surface area contributed by atoms with E-state index >= 15 is 0 Å². The number of ether oxygens (including phenoxy) is 1. The zero-order valence-electron chi connectivity index (χ0n) is 13.7. The smallest absolute Gasteiger partial charge is 0.259 e. The van der Waals surface area contributed by atoms with Crippen molar-refractivity contribution in [1.29, 1.82) is 0 Å². The van der Waals surface area contributed by atoms with E-state index in [1.54, 1.807) is 11.8 Å². The topological polar surface area (TPSA) is 62.4 Å². The molecule has 5 nitrogen and oxygen atoms in total. The van der Waals surface area contributed by atoms with Crippen LogP contribution in [0.2, 0.25) is 0 Å². The fourth-order valence-corrected chi connectivity index (χ4v) is 2.61. The molecule has 22 heavy (non-hydrogen) atoms. The minimum absolute atomic E-state index is 0.179. The number of pyridine rings is 1. The number of aromatic nitrogens is 1. The number of aryl methyl sites for hydroxylation is 1. The van der Waals surface area contributed by atoms with Gasteiger partial charge in [-0.25, -0.2) is 0 Å². The van der Waals surface area contributed by atoms with Crippen LogP contribution in [0.25, 0.3) is 0 Å². The van der Waals surface area contributed by atoms with Crippen molar-refractivity contribution in [3.05, 3.63) is 33.7 Å². The number of carbonyl (C=O) groups is 1. The third kappa shape index (κ3) is 4.44. The lowest BCUT2D eigenvalue weighted by Crippen LogP contribution is -2.42. The quantitative estimate of drug-likeness (QED) is 0.908. The number of hydrogen-bond donors (Lipinski definition) is 1. The Hall–Kier alpha value is -1.62. The van der Waals surface area contributed by atoms with Gasteiger partial charge in [0.25, 0.3) is 5.91 Å². The van der Waals surface area contributed by atoms with Gasteiger partial charge in [-0.1, -0.05) is 13.8 Å². The van der Waals surface area contributed by atoms with E-state index in [4.69, 9.17) is 4.74 Å². The van der Waals surface area contributed by atoms with E-state index in [9.17, 15) is 9.59 Å². The van der Waals surface area contributed by atoms with Crippen molar-refractivity contribution in [2.45, 2.75) is 46.1 Å². The van der Waals surface area contributed by atoms with E-state index in [-0.39, 0.29) is 23.0 Å². The Labute approximate surface area is 131 Å². The van der Waals surface area contributed by atoms with Crippen LogP contribution in [0, 0.1) is 12.8 Å². The molecule has 0 unspecified atom stereocenters. The summed E-state index contributed by atoms with van der Waals surface area (Å²) in [5, 5.41) is 0. The van der Waals surface area contributed by atoms with Crippen molar-refractivity contribution in [3.8, 4) is 0 Å². The number of aromatic amines is 1. The minimum Gasteiger partial charge on any atom is -0.378 e. The van der Waals surface area contributed by atoms with Crippen molar-refractivity contribution in [2.75, 3.05) is 19.7 Å². The predicted molar refractivity (Wildman–Crippen MR) is 86.1 cm³/mol. The number of nitrogens with zero attached hydrogens (tertiary/aromatic N) is 1. The van der Waals surface area contributed by atoms with E-state index in [2.05, 4.69) is 18.8 Å². The van der Waals surface area contributed by atoms with Crippen LogP contribution in [0.4, 0.5) is 0 Å². The van der Waals surface area contributed by atoms with Crippen LogP contribution in [0.5, 0.6) is 0 Å². The van der Waals surface area contributed by atoms with Gasteiger partial charge in [0.1, 0.15) is 5.56 Å². The highest BCUT2D eigenvalue weighted by molar-refractivity contribution is 5.93. The summed E-state index contributed by atoms with van der Waals surface area (Å²) < 4.78 is 5.86. The SMILES string of the molecule is Cc1cc(=O)c(C(=O)N2CCC(OCCC(C)C)CC2)c[nH]1. The Morgan fingerprint density at radius 3 is 2.68 bits per heavy atom. The molecule has 0 spiro atoms. The van der Waals surface area contributed by atoms with Crippen LogP contribution >= 0.6 is 0 Å². The van der Waals surface area contributed by atoms with E-state index in [1.807, 2.05) is 0 Å². The summed E-state index contributed by atoms with van der Waals surface area (Å²) in [7, 11) is 0. The first-order chi connectivity index (χ1) is 10.5. The van der Waals surface area contributed by atoms with Gasteiger partial charge in [0, 0.05) is 37.7 Å². The molecular formula is C17H26N2O3. The highest BCUT2D eigenvalue weighted by Crippen LogP contribution is 2.16. The average molecular weight is 306 g/mol. The predicted octanol–water partition coefficient (Wildman–Crippen LogP) is 2.35. The van der Waals surface area contributed by atoms with Gasteiger partial charge < -0.3 is 14.6 Å². The number of likely N-dealkylation sites (tertiary alicyclic amines) is 1. The molecule has 1 amide bonds. The van der Waals surface area contributed by atoms with Gasteiger partial charge in [-0.15, -0.1) is 0 Å². The first kappa shape index (κ1) is 16.7. The normalized spacial score (nSPS) is 16.3. The Balaban J connectivity index is 1.86. The number of rotatable bonds is 5. The number of nitrogens with one attached hydrogen (secondary N) is 1. The lowest BCUT2D eigenvalue weighted by molar-refractivity contribution is 0.00480. The van der Waals surface area contributed by atoms with Crippen molar-refractivity contribution < 1.29 is 9.53 Å². The standard InChI is InChI=1S/C17H26N2O3/c1-12(2)6-9-22-14-4-7-19(8-5-14)17(21)15-11-18-13(3)10-16(15)20/h10-12,14H,4-9H2,1-3H3,(H,18,20). The second-order valence-electron chi connectivity index (χ2n) is 6.44. The summed E-state index contributed by atoms with van der Waals surface area (Å²) in [5.74, 6) is 0.469. The molecule has 1 saturated heterocycles. The maximum atomic E-state index is 12.4. The molecule has 1 aliphatic rings. The minimum atomic E-state index is -0.212. The number of hydrogen-bond acceptors (Lipinski definition) is 3. The number of carbonyl (C=O) groups excluding carboxylic acids is 1. The Morgan fingerprint density at radius 1 is 1.41 bits per heavy atom. The fourth-order valence-electron chi connectivity index (χ4n) is 2.61. The van der Waals surface area contributed by atoms with Crippen LogP contribution < -0.4 is 5.43 Å². The molecule has 1 fully saturated rings. The third-order valence-electron chi connectivity index (χ3n) is 4.07. The van der Waals surface area contributed by atoms with Gasteiger partial charge in [-0.05, 0) is 32.1 Å². The van der Waals surface area contributed by atoms with Gasteiger partial charge in [0.15, 0.2) is 5.43 Å². The van der Waals surface area contributed by atoms with Crippen LogP contribution in [0.1, 0.15) is 49.2 Å². The van der Waals surface area contributed by atoms with Crippen molar-refractivity contribution in [3.63, 3.8) is 0 Å². The van der Waals surface area contributed by atoms with Gasteiger partial charge in [0.05, 0.1) is 6.10 Å². The molecule has 5 heteroatoms. The second kappa shape index (κ2) is 7.58. The third-order valence-corrected chi connectivity index (χ3v) is 4.07. The van der Waals surface area contributed by atoms with Gasteiger partial charge in [0.2, 0.25) is 0 Å². The molecule has 0 aromatic carbocycles. The van der Waals surface area contributed by atoms with Crippen LogP contribution in [-0.2, 0) is 4.74 Å². The van der Waals surface area contributed by atoms with Gasteiger partial charge >= 0.3 is 0 Å². The molecule has 2 heterocycles. The Morgan fingerprint density at radius 2 is 2.09 bits per heavy atom. The second-order valence-corrected chi connectivity index (χ2v) is 6.44. The van der Waals surface area contributed by atoms with Crippen molar-refractivity contribution in [1.82, 2.24) is 9.88 Å². The summed E-state index contributed by atoms with van der Waals surface area (Å²) in [6.07, 6.45) is 4.50. The summed E-state index contributed by atoms with van der Waals surface area (Å²) in [6, 6.07) is 1.47. The molecule has 1 N–H and O–H groups in total. The monoisotopic (exact) mass is 306 g/mol. The van der Waals surface area contributed by atoms with E-state index in [0.29, 0.717) is 19.0 Å². The largest absolute Gasteiger partial charge is 0.378 e. The molecule has 122 valence electrons. The fraction of sp³-hybridized carbons (Fsp3) is 0.647. The number of amides is 1. The van der Waals surface area contributed by atoms with E-state index in [0.717, 1.165) is 31.6 Å². The summed E-state index contributed by atoms with van der Waals surface area (Å²) >= 11 is 0. The van der Waals surface area contributed by atoms with Crippen molar-refractivity contribution >= 4 is 5.91 Å². The summed E-state index contributed by atoms with van der Waals surface area (Å²) in [5.41, 5.74) is 0.778. The molecular weight excluding hydrogens is 280 g/mol. The van der Waals surface area contributed by atoms with E-state index in [1.165, 1.54) is 12.3 Å². The first-order valence-electron chi connectivity index (χ1n) is 8.07. The molecule has 1 aromatic rings. The summed E-state index contributed by atoms with van der Waals surface area (Å²) in [6.45, 7) is 8.26. The van der Waals surface area contributed by atoms with Crippen LogP contribution in [0.15, 0.2) is 17.1 Å². The Bertz CT molecular complexity index is 557. The molecule has 0 bridgehead atoms. The summed E-state index contributed by atoms with van der Waals surface area (Å²) in [4.78, 5) is 29.0. The highest BCUT2D eigenvalue weighted by Gasteiger charge is 2.25. The molecule has 1 aliphatic heterocycles. The lowest BCUT2D eigenvalue weighted by Gasteiger charge is -2.32. The first-order valence-corrected chi connectivity index (χ1v) is 8.07. The highest BCUT2D eigenvalue weighted by atomic mass is 16.5. The Kier molecular flexibility index (Phi) is 5.77. The average Bonchev–Trinajstić information content (AvgIpc) is 2.47. The molecule has 2 rings (SSSR count). The number of piperidine rings is 1. The lowest BCUT2D eigenvalue weighted by atomic mass is 10.1. The molecule has 0 aliphatic carbocycles. The maximum Gasteiger partial charge on any atom is 0.259 e. The van der Waals surface area contributed by atoms with Crippen LogP contribution in [-0.4, -0.2) is 41.6 Å². The van der Waals surface area contributed by atoms with Crippen LogP contribution in [0.3, 0.4) is 0 Å². The number of H-pyrrole nitrogens is 1.